The van der Waals surface area contributed by atoms with Crippen molar-refractivity contribution >= 4 is 23.2 Å². The zero-order valence-electron chi connectivity index (χ0n) is 17.5. The van der Waals surface area contributed by atoms with Crippen LogP contribution in [0.15, 0.2) is 95.6 Å². The van der Waals surface area contributed by atoms with Crippen molar-refractivity contribution in [2.75, 3.05) is 16.8 Å². The highest BCUT2D eigenvalue weighted by molar-refractivity contribution is 6.07. The SMILES string of the molecule is O=C(Nc1ccc2c(c1)N(C(=O)c1ccco1)CCC2)c1ccc(-c2ccccc2)cc1. The quantitative estimate of drug-likeness (QED) is 0.453. The summed E-state index contributed by atoms with van der Waals surface area (Å²) >= 11 is 0. The maximum absolute atomic E-state index is 12.9. The second-order valence-corrected chi connectivity index (χ2v) is 7.78. The Morgan fingerprint density at radius 1 is 0.844 bits per heavy atom. The topological polar surface area (TPSA) is 62.6 Å². The van der Waals surface area contributed by atoms with Gasteiger partial charge in [0.1, 0.15) is 0 Å². The van der Waals surface area contributed by atoms with E-state index in [2.05, 4.69) is 5.32 Å². The Morgan fingerprint density at radius 3 is 2.38 bits per heavy atom. The van der Waals surface area contributed by atoms with Gasteiger partial charge in [0.05, 0.1) is 6.26 Å². The second kappa shape index (κ2) is 8.55. The van der Waals surface area contributed by atoms with E-state index in [4.69, 9.17) is 4.42 Å². The van der Waals surface area contributed by atoms with E-state index in [1.165, 1.54) is 6.26 Å². The number of hydrogen-bond donors (Lipinski definition) is 1. The first-order valence-electron chi connectivity index (χ1n) is 10.6. The van der Waals surface area contributed by atoms with Crippen molar-refractivity contribution in [3.8, 4) is 11.1 Å². The number of carbonyl (C=O) groups excluding carboxylic acids is 2. The number of anilines is 2. The lowest BCUT2D eigenvalue weighted by Crippen LogP contribution is -2.35. The largest absolute Gasteiger partial charge is 0.459 e. The van der Waals surface area contributed by atoms with Gasteiger partial charge in [-0.2, -0.15) is 0 Å². The van der Waals surface area contributed by atoms with Crippen LogP contribution in [0.4, 0.5) is 11.4 Å². The predicted molar refractivity (Wildman–Crippen MR) is 125 cm³/mol. The highest BCUT2D eigenvalue weighted by Gasteiger charge is 2.25. The molecule has 0 saturated heterocycles. The molecule has 0 bridgehead atoms. The number of rotatable bonds is 4. The fourth-order valence-corrected chi connectivity index (χ4v) is 4.04. The number of furan rings is 1. The summed E-state index contributed by atoms with van der Waals surface area (Å²) < 4.78 is 5.30. The average Bonchev–Trinajstić information content (AvgIpc) is 3.39. The number of benzene rings is 3. The molecule has 0 spiro atoms. The maximum atomic E-state index is 12.9. The lowest BCUT2D eigenvalue weighted by Gasteiger charge is -2.29. The van der Waals surface area contributed by atoms with Gasteiger partial charge in [0.2, 0.25) is 0 Å². The number of carbonyl (C=O) groups is 2. The van der Waals surface area contributed by atoms with Crippen molar-refractivity contribution in [3.05, 3.63) is 108 Å². The Balaban J connectivity index is 1.35. The average molecular weight is 422 g/mol. The molecule has 0 radical (unpaired) electrons. The fraction of sp³-hybridized carbons (Fsp3) is 0.111. The van der Waals surface area contributed by atoms with Gasteiger partial charge >= 0.3 is 0 Å². The van der Waals surface area contributed by atoms with Crippen LogP contribution in [-0.4, -0.2) is 18.4 Å². The molecule has 1 aliphatic rings. The van der Waals surface area contributed by atoms with Crippen LogP contribution in [0.3, 0.4) is 0 Å². The monoisotopic (exact) mass is 422 g/mol. The summed E-state index contributed by atoms with van der Waals surface area (Å²) in [6.45, 7) is 0.616. The number of hydrogen-bond acceptors (Lipinski definition) is 3. The molecule has 5 nitrogen and oxygen atoms in total. The molecular weight excluding hydrogens is 400 g/mol. The summed E-state index contributed by atoms with van der Waals surface area (Å²) in [5.74, 6) is -0.0500. The molecule has 0 saturated carbocycles. The van der Waals surface area contributed by atoms with Crippen molar-refractivity contribution in [2.45, 2.75) is 12.8 Å². The van der Waals surface area contributed by atoms with E-state index in [0.717, 1.165) is 35.2 Å². The summed E-state index contributed by atoms with van der Waals surface area (Å²) in [5.41, 5.74) is 5.29. The van der Waals surface area contributed by atoms with E-state index in [1.54, 1.807) is 17.0 Å². The Hall–Kier alpha value is -4.12. The van der Waals surface area contributed by atoms with E-state index >= 15 is 0 Å². The van der Waals surface area contributed by atoms with Crippen LogP contribution < -0.4 is 10.2 Å². The lowest BCUT2D eigenvalue weighted by molar-refractivity contribution is 0.0958. The van der Waals surface area contributed by atoms with Crippen molar-refractivity contribution in [1.29, 1.82) is 0 Å². The van der Waals surface area contributed by atoms with E-state index in [9.17, 15) is 9.59 Å². The summed E-state index contributed by atoms with van der Waals surface area (Å²) in [7, 11) is 0. The minimum Gasteiger partial charge on any atom is -0.459 e. The van der Waals surface area contributed by atoms with Crippen LogP contribution in [0, 0.1) is 0 Å². The van der Waals surface area contributed by atoms with Gasteiger partial charge in [-0.3, -0.25) is 9.59 Å². The third kappa shape index (κ3) is 3.93. The predicted octanol–water partition coefficient (Wildman–Crippen LogP) is 5.79. The van der Waals surface area contributed by atoms with Gasteiger partial charge in [0.25, 0.3) is 11.8 Å². The van der Waals surface area contributed by atoms with Crippen molar-refractivity contribution < 1.29 is 14.0 Å². The van der Waals surface area contributed by atoms with Crippen LogP contribution in [0.1, 0.15) is 32.9 Å². The van der Waals surface area contributed by atoms with Crippen LogP contribution in [0.2, 0.25) is 0 Å². The van der Waals surface area contributed by atoms with Crippen LogP contribution >= 0.6 is 0 Å². The molecule has 0 fully saturated rings. The molecule has 1 N–H and O–H groups in total. The number of nitrogens with one attached hydrogen (secondary N) is 1. The van der Waals surface area contributed by atoms with Gasteiger partial charge in [-0.1, -0.05) is 48.5 Å². The van der Waals surface area contributed by atoms with Crippen LogP contribution in [0.25, 0.3) is 11.1 Å². The highest BCUT2D eigenvalue weighted by atomic mass is 16.3. The zero-order chi connectivity index (χ0) is 21.9. The Bertz CT molecular complexity index is 1250. The van der Waals surface area contributed by atoms with Crippen LogP contribution in [-0.2, 0) is 6.42 Å². The molecule has 2 amide bonds. The molecule has 0 unspecified atom stereocenters. The van der Waals surface area contributed by atoms with E-state index in [1.807, 2.05) is 72.8 Å². The minimum atomic E-state index is -0.190. The second-order valence-electron chi connectivity index (χ2n) is 7.78. The molecular formula is C27H22N2O3. The van der Waals surface area contributed by atoms with Gasteiger partial charge < -0.3 is 14.6 Å². The van der Waals surface area contributed by atoms with E-state index in [0.29, 0.717) is 23.6 Å². The molecule has 3 aromatic carbocycles. The van der Waals surface area contributed by atoms with E-state index < -0.39 is 0 Å². The first kappa shape index (κ1) is 19.8. The fourth-order valence-electron chi connectivity index (χ4n) is 4.04. The summed E-state index contributed by atoms with van der Waals surface area (Å²) in [6, 6.07) is 26.7. The van der Waals surface area contributed by atoms with Gasteiger partial charge in [-0.15, -0.1) is 0 Å². The van der Waals surface area contributed by atoms with E-state index in [-0.39, 0.29) is 11.8 Å². The van der Waals surface area contributed by atoms with Crippen molar-refractivity contribution in [3.63, 3.8) is 0 Å². The Kier molecular flexibility index (Phi) is 5.30. The maximum Gasteiger partial charge on any atom is 0.293 e. The normalized spacial score (nSPS) is 12.8. The molecule has 0 atom stereocenters. The summed E-state index contributed by atoms with van der Waals surface area (Å²) in [6.07, 6.45) is 3.28. The van der Waals surface area contributed by atoms with Crippen molar-refractivity contribution in [2.24, 2.45) is 0 Å². The molecule has 32 heavy (non-hydrogen) atoms. The lowest BCUT2D eigenvalue weighted by atomic mass is 10.0. The molecule has 1 aromatic heterocycles. The minimum absolute atomic E-state index is 0.170. The first-order valence-corrected chi connectivity index (χ1v) is 10.6. The molecule has 1 aliphatic heterocycles. The third-order valence-corrected chi connectivity index (χ3v) is 5.69. The summed E-state index contributed by atoms with van der Waals surface area (Å²) in [4.78, 5) is 27.4. The molecule has 158 valence electrons. The number of nitrogens with zero attached hydrogens (tertiary/aromatic N) is 1. The van der Waals surface area contributed by atoms with Gasteiger partial charge in [-0.25, -0.2) is 0 Å². The standard InChI is InChI=1S/C27H22N2O3/c30-26(22-12-10-20(11-13-22)19-6-2-1-3-7-19)28-23-15-14-21-8-4-16-29(24(21)18-23)27(31)25-9-5-17-32-25/h1-3,5-7,9-15,17-18H,4,8,16H2,(H,28,30). The Labute approximate surface area is 186 Å². The molecule has 5 rings (SSSR count). The zero-order valence-corrected chi connectivity index (χ0v) is 17.5. The number of fused-ring (bicyclic) bond motifs is 1. The third-order valence-electron chi connectivity index (χ3n) is 5.69. The molecule has 0 aliphatic carbocycles. The number of amides is 2. The number of aryl methyl sites for hydroxylation is 1. The highest BCUT2D eigenvalue weighted by Crippen LogP contribution is 2.31. The summed E-state index contributed by atoms with van der Waals surface area (Å²) in [5, 5.41) is 2.96. The molecule has 4 aromatic rings. The van der Waals surface area contributed by atoms with Gasteiger partial charge in [-0.05, 0) is 65.9 Å². The van der Waals surface area contributed by atoms with Crippen LogP contribution in [0.5, 0.6) is 0 Å². The Morgan fingerprint density at radius 2 is 1.62 bits per heavy atom. The first-order chi connectivity index (χ1) is 15.7. The van der Waals surface area contributed by atoms with Crippen molar-refractivity contribution in [1.82, 2.24) is 0 Å². The van der Waals surface area contributed by atoms with Gasteiger partial charge in [0.15, 0.2) is 5.76 Å². The van der Waals surface area contributed by atoms with Gasteiger partial charge in [0, 0.05) is 23.5 Å². The molecule has 2 heterocycles. The molecule has 5 heteroatoms. The smallest absolute Gasteiger partial charge is 0.293 e.